The lowest BCUT2D eigenvalue weighted by molar-refractivity contribution is 0.876. The molecule has 0 aromatic rings. The zero-order valence-corrected chi connectivity index (χ0v) is 5.82. The molecule has 1 rings (SSSR count). The molecule has 1 heteroatoms. The van der Waals surface area contributed by atoms with Gasteiger partial charge in [0.15, 0.2) is 0 Å². The molecule has 0 amide bonds. The van der Waals surface area contributed by atoms with E-state index >= 15 is 0 Å². The molecule has 0 radical (unpaired) electrons. The standard InChI is InChI=1S/C7H15B/c1-2-3-6-8-7-4-5-7/h7-8H,2-6H2,1H3. The summed E-state index contributed by atoms with van der Waals surface area (Å²) < 4.78 is 0. The quantitative estimate of drug-likeness (QED) is 0.384. The van der Waals surface area contributed by atoms with Crippen molar-refractivity contribution >= 4 is 7.28 Å². The van der Waals surface area contributed by atoms with E-state index in [0.717, 1.165) is 5.82 Å². The van der Waals surface area contributed by atoms with Gasteiger partial charge in [0.25, 0.3) is 0 Å². The molecule has 0 aromatic carbocycles. The van der Waals surface area contributed by atoms with Gasteiger partial charge in [0.2, 0.25) is 0 Å². The molecule has 0 aromatic heterocycles. The van der Waals surface area contributed by atoms with E-state index in [-0.39, 0.29) is 0 Å². The summed E-state index contributed by atoms with van der Waals surface area (Å²) in [4.78, 5) is 0. The van der Waals surface area contributed by atoms with Crippen LogP contribution >= 0.6 is 0 Å². The van der Waals surface area contributed by atoms with Crippen LogP contribution in [0.4, 0.5) is 0 Å². The van der Waals surface area contributed by atoms with Crippen molar-refractivity contribution in [3.63, 3.8) is 0 Å². The normalized spacial score (nSPS) is 18.6. The first-order valence-electron chi connectivity index (χ1n) is 3.93. The highest BCUT2D eigenvalue weighted by molar-refractivity contribution is 6.38. The average Bonchev–Trinajstić information content (AvgIpc) is 2.51. The van der Waals surface area contributed by atoms with Gasteiger partial charge in [-0.3, -0.25) is 0 Å². The number of unbranched alkanes of at least 4 members (excludes halogenated alkanes) is 1. The van der Waals surface area contributed by atoms with Gasteiger partial charge in [0, 0.05) is 0 Å². The number of rotatable bonds is 4. The first kappa shape index (κ1) is 6.19. The van der Waals surface area contributed by atoms with Crippen molar-refractivity contribution in [3.05, 3.63) is 0 Å². The fraction of sp³-hybridized carbons (Fsp3) is 1.00. The van der Waals surface area contributed by atoms with Gasteiger partial charge < -0.3 is 0 Å². The lowest BCUT2D eigenvalue weighted by Crippen LogP contribution is -1.85. The lowest BCUT2D eigenvalue weighted by atomic mass is 9.68. The SMILES string of the molecule is CCCCBC1CC1. The van der Waals surface area contributed by atoms with E-state index in [1.165, 1.54) is 39.3 Å². The van der Waals surface area contributed by atoms with Crippen molar-refractivity contribution in [2.75, 3.05) is 0 Å². The lowest BCUT2D eigenvalue weighted by Gasteiger charge is -1.90. The number of hydrogen-bond donors (Lipinski definition) is 0. The molecule has 0 spiro atoms. The van der Waals surface area contributed by atoms with Gasteiger partial charge in [-0.1, -0.05) is 44.7 Å². The van der Waals surface area contributed by atoms with Crippen LogP contribution in [-0.2, 0) is 0 Å². The molecule has 0 heterocycles. The van der Waals surface area contributed by atoms with Crippen LogP contribution in [-0.4, -0.2) is 7.28 Å². The van der Waals surface area contributed by atoms with Gasteiger partial charge in [0.05, 0.1) is 0 Å². The molecule has 0 saturated heterocycles. The zero-order valence-electron chi connectivity index (χ0n) is 5.82. The highest BCUT2D eigenvalue weighted by Crippen LogP contribution is 2.35. The molecule has 0 bridgehead atoms. The monoisotopic (exact) mass is 110 g/mol. The van der Waals surface area contributed by atoms with Gasteiger partial charge >= 0.3 is 0 Å². The van der Waals surface area contributed by atoms with E-state index in [1.807, 2.05) is 0 Å². The van der Waals surface area contributed by atoms with Gasteiger partial charge in [-0.05, 0) is 0 Å². The topological polar surface area (TPSA) is 0 Å². The van der Waals surface area contributed by atoms with Crippen molar-refractivity contribution < 1.29 is 0 Å². The smallest absolute Gasteiger partial charge is 0.0772 e. The Morgan fingerprint density at radius 3 is 2.75 bits per heavy atom. The van der Waals surface area contributed by atoms with Crippen LogP contribution in [0.2, 0.25) is 12.1 Å². The van der Waals surface area contributed by atoms with E-state index in [0.29, 0.717) is 0 Å². The maximum Gasteiger partial charge on any atom is 0.124 e. The molecule has 1 aliphatic rings. The van der Waals surface area contributed by atoms with Crippen molar-refractivity contribution in [3.8, 4) is 0 Å². The Hall–Kier alpha value is 0.0649. The summed E-state index contributed by atoms with van der Waals surface area (Å²) in [7, 11) is 1.52. The Bertz CT molecular complexity index is 57.4. The van der Waals surface area contributed by atoms with Crippen LogP contribution in [0, 0.1) is 0 Å². The molecule has 1 aliphatic carbocycles. The molecule has 0 unspecified atom stereocenters. The van der Waals surface area contributed by atoms with Gasteiger partial charge in [-0.25, -0.2) is 0 Å². The Kier molecular flexibility index (Phi) is 2.45. The predicted octanol–water partition coefficient (Wildman–Crippen LogP) is 2.22. The van der Waals surface area contributed by atoms with Gasteiger partial charge in [-0.15, -0.1) is 0 Å². The number of hydrogen-bond acceptors (Lipinski definition) is 0. The Morgan fingerprint density at radius 1 is 1.50 bits per heavy atom. The molecule has 0 aliphatic heterocycles. The van der Waals surface area contributed by atoms with Crippen molar-refractivity contribution in [2.24, 2.45) is 0 Å². The molecule has 1 saturated carbocycles. The van der Waals surface area contributed by atoms with E-state index in [9.17, 15) is 0 Å². The Labute approximate surface area is 52.9 Å². The van der Waals surface area contributed by atoms with Gasteiger partial charge in [0.1, 0.15) is 7.28 Å². The maximum atomic E-state index is 2.27. The highest BCUT2D eigenvalue weighted by Gasteiger charge is 2.20. The molecule has 46 valence electrons. The Morgan fingerprint density at radius 2 is 2.25 bits per heavy atom. The van der Waals surface area contributed by atoms with E-state index in [1.54, 1.807) is 0 Å². The fourth-order valence-corrected chi connectivity index (χ4v) is 1.09. The molecular weight excluding hydrogens is 94.9 g/mol. The third-order valence-electron chi connectivity index (χ3n) is 1.91. The summed E-state index contributed by atoms with van der Waals surface area (Å²) in [5, 5.41) is 0. The average molecular weight is 110 g/mol. The minimum absolute atomic E-state index is 1.15. The maximum absolute atomic E-state index is 2.27. The largest absolute Gasteiger partial charge is 0.124 e. The van der Waals surface area contributed by atoms with Crippen LogP contribution in [0.1, 0.15) is 32.6 Å². The van der Waals surface area contributed by atoms with Crippen molar-refractivity contribution in [1.29, 1.82) is 0 Å². The van der Waals surface area contributed by atoms with Crippen molar-refractivity contribution in [1.82, 2.24) is 0 Å². The summed E-state index contributed by atoms with van der Waals surface area (Å²) in [6.45, 7) is 2.27. The van der Waals surface area contributed by atoms with Crippen LogP contribution in [0.3, 0.4) is 0 Å². The van der Waals surface area contributed by atoms with E-state index in [2.05, 4.69) is 6.92 Å². The second-order valence-electron chi connectivity index (χ2n) is 2.94. The molecule has 0 atom stereocenters. The zero-order chi connectivity index (χ0) is 5.82. The minimum Gasteiger partial charge on any atom is -0.0772 e. The van der Waals surface area contributed by atoms with Crippen molar-refractivity contribution in [2.45, 2.75) is 44.7 Å². The molecular formula is C7H15B. The van der Waals surface area contributed by atoms with Crippen LogP contribution in [0.15, 0.2) is 0 Å². The molecule has 1 fully saturated rings. The summed E-state index contributed by atoms with van der Waals surface area (Å²) in [6, 6.07) is 0. The summed E-state index contributed by atoms with van der Waals surface area (Å²) >= 11 is 0. The van der Waals surface area contributed by atoms with E-state index in [4.69, 9.17) is 0 Å². The highest BCUT2D eigenvalue weighted by atomic mass is 14.1. The first-order chi connectivity index (χ1) is 3.93. The van der Waals surface area contributed by atoms with Crippen LogP contribution < -0.4 is 0 Å². The van der Waals surface area contributed by atoms with E-state index < -0.39 is 0 Å². The molecule has 0 nitrogen and oxygen atoms in total. The molecule has 0 N–H and O–H groups in total. The second kappa shape index (κ2) is 3.16. The summed E-state index contributed by atoms with van der Waals surface area (Å²) in [5.41, 5.74) is 0. The Balaban J connectivity index is 1.74. The van der Waals surface area contributed by atoms with Crippen LogP contribution in [0.25, 0.3) is 0 Å². The first-order valence-corrected chi connectivity index (χ1v) is 3.93. The second-order valence-corrected chi connectivity index (χ2v) is 2.94. The molecule has 8 heavy (non-hydrogen) atoms. The van der Waals surface area contributed by atoms with Gasteiger partial charge in [-0.2, -0.15) is 0 Å². The third-order valence-corrected chi connectivity index (χ3v) is 1.91. The van der Waals surface area contributed by atoms with Crippen LogP contribution in [0.5, 0.6) is 0 Å². The fourth-order valence-electron chi connectivity index (χ4n) is 1.09. The summed E-state index contributed by atoms with van der Waals surface area (Å²) in [5.74, 6) is 1.15. The third kappa shape index (κ3) is 2.39. The minimum atomic E-state index is 1.15. The predicted molar refractivity (Wildman–Crippen MR) is 39.8 cm³/mol. The summed E-state index contributed by atoms with van der Waals surface area (Å²) in [6.07, 6.45) is 7.39.